The SMILES string of the molecule is Cc1cc(C)cc(-c2nc3cc(NC(=S)NC(=O)c4cc(I)ccc4Cl)ccc3o2)c1. The van der Waals surface area contributed by atoms with Gasteiger partial charge in [0.15, 0.2) is 10.7 Å². The average Bonchev–Trinajstić information content (AvgIpc) is 3.12. The summed E-state index contributed by atoms with van der Waals surface area (Å²) in [6.07, 6.45) is 0. The van der Waals surface area contributed by atoms with Crippen LogP contribution >= 0.6 is 46.4 Å². The minimum absolute atomic E-state index is 0.164. The highest BCUT2D eigenvalue weighted by atomic mass is 127. The molecule has 1 heterocycles. The van der Waals surface area contributed by atoms with Gasteiger partial charge >= 0.3 is 0 Å². The highest BCUT2D eigenvalue weighted by Crippen LogP contribution is 2.27. The van der Waals surface area contributed by atoms with Crippen LogP contribution in [0.25, 0.3) is 22.6 Å². The van der Waals surface area contributed by atoms with Crippen LogP contribution in [0.2, 0.25) is 5.02 Å². The van der Waals surface area contributed by atoms with Crippen molar-refractivity contribution in [3.63, 3.8) is 0 Å². The van der Waals surface area contributed by atoms with E-state index in [1.165, 1.54) is 0 Å². The lowest BCUT2D eigenvalue weighted by molar-refractivity contribution is 0.0978. The molecule has 0 aliphatic rings. The Labute approximate surface area is 203 Å². The molecule has 0 saturated carbocycles. The quantitative estimate of drug-likeness (QED) is 0.221. The van der Waals surface area contributed by atoms with Gasteiger partial charge < -0.3 is 9.73 Å². The molecule has 5 nitrogen and oxygen atoms in total. The molecule has 0 aliphatic heterocycles. The van der Waals surface area contributed by atoms with Crippen molar-refractivity contribution in [2.75, 3.05) is 5.32 Å². The van der Waals surface area contributed by atoms with Crippen LogP contribution in [0.1, 0.15) is 21.5 Å². The number of anilines is 1. The summed E-state index contributed by atoms with van der Waals surface area (Å²) in [5.41, 5.74) is 5.63. The van der Waals surface area contributed by atoms with Crippen molar-refractivity contribution in [2.45, 2.75) is 13.8 Å². The number of aryl methyl sites for hydroxylation is 2. The molecule has 0 saturated heterocycles. The normalized spacial score (nSPS) is 10.8. The summed E-state index contributed by atoms with van der Waals surface area (Å²) < 4.78 is 6.82. The molecule has 0 spiro atoms. The molecule has 2 N–H and O–H groups in total. The van der Waals surface area contributed by atoms with Gasteiger partial charge in [-0.1, -0.05) is 28.8 Å². The molecule has 1 amide bonds. The number of hydrogen-bond donors (Lipinski definition) is 2. The highest BCUT2D eigenvalue weighted by Gasteiger charge is 2.14. The average molecular weight is 562 g/mol. The lowest BCUT2D eigenvalue weighted by Gasteiger charge is -2.10. The molecule has 8 heteroatoms. The van der Waals surface area contributed by atoms with Gasteiger partial charge in [-0.3, -0.25) is 10.1 Å². The fourth-order valence-electron chi connectivity index (χ4n) is 3.23. The largest absolute Gasteiger partial charge is 0.436 e. The Kier molecular flexibility index (Phi) is 6.27. The summed E-state index contributed by atoms with van der Waals surface area (Å²) in [4.78, 5) is 17.1. The van der Waals surface area contributed by atoms with Crippen LogP contribution in [-0.4, -0.2) is 16.0 Å². The number of aromatic nitrogens is 1. The third kappa shape index (κ3) is 5.06. The number of fused-ring (bicyclic) bond motifs is 1. The van der Waals surface area contributed by atoms with Crippen molar-refractivity contribution in [1.82, 2.24) is 10.3 Å². The molecule has 0 atom stereocenters. The van der Waals surface area contributed by atoms with Crippen molar-refractivity contribution in [1.29, 1.82) is 0 Å². The zero-order chi connectivity index (χ0) is 22.1. The molecule has 0 aliphatic carbocycles. The Hall–Kier alpha value is -2.49. The van der Waals surface area contributed by atoms with Gasteiger partial charge in [-0.05, 0) is 97.2 Å². The first-order chi connectivity index (χ1) is 14.8. The van der Waals surface area contributed by atoms with Gasteiger partial charge in [0.25, 0.3) is 5.91 Å². The summed E-state index contributed by atoms with van der Waals surface area (Å²) in [7, 11) is 0. The zero-order valence-electron chi connectivity index (χ0n) is 16.6. The molecular weight excluding hydrogens is 545 g/mol. The standard InChI is InChI=1S/C23H17ClIN3O2S/c1-12-7-13(2)9-14(8-12)22-27-19-11-16(4-6-20(19)30-22)26-23(31)28-21(29)17-10-15(25)3-5-18(17)24/h3-11H,1-2H3,(H2,26,28,29,31). The molecule has 156 valence electrons. The van der Waals surface area contributed by atoms with Gasteiger partial charge in [0.2, 0.25) is 5.89 Å². The van der Waals surface area contributed by atoms with Crippen LogP contribution in [0.3, 0.4) is 0 Å². The number of nitrogens with zero attached hydrogens (tertiary/aromatic N) is 1. The van der Waals surface area contributed by atoms with Crippen molar-refractivity contribution in [3.8, 4) is 11.5 Å². The molecular formula is C23H17ClIN3O2S. The second kappa shape index (κ2) is 8.94. The first-order valence-electron chi connectivity index (χ1n) is 9.35. The van der Waals surface area contributed by atoms with Gasteiger partial charge in [0.05, 0.1) is 10.6 Å². The van der Waals surface area contributed by atoms with Gasteiger partial charge in [0.1, 0.15) is 5.52 Å². The maximum Gasteiger partial charge on any atom is 0.258 e. The van der Waals surface area contributed by atoms with E-state index in [9.17, 15) is 4.79 Å². The molecule has 1 aromatic heterocycles. The molecule has 0 unspecified atom stereocenters. The Morgan fingerprint density at radius 3 is 2.55 bits per heavy atom. The van der Waals surface area contributed by atoms with E-state index in [1.54, 1.807) is 12.1 Å². The van der Waals surface area contributed by atoms with Gasteiger partial charge in [-0.2, -0.15) is 0 Å². The van der Waals surface area contributed by atoms with Crippen LogP contribution in [-0.2, 0) is 0 Å². The third-order valence-corrected chi connectivity index (χ3v) is 5.72. The Balaban J connectivity index is 1.51. The van der Waals surface area contributed by atoms with Crippen molar-refractivity contribution < 1.29 is 9.21 Å². The number of thiocarbonyl (C=S) groups is 1. The molecule has 0 bridgehead atoms. The van der Waals surface area contributed by atoms with E-state index in [-0.39, 0.29) is 11.0 Å². The number of nitrogens with one attached hydrogen (secondary N) is 2. The lowest BCUT2D eigenvalue weighted by Crippen LogP contribution is -2.34. The summed E-state index contributed by atoms with van der Waals surface area (Å²) in [5.74, 6) is 0.184. The number of carbonyl (C=O) groups is 1. The van der Waals surface area contributed by atoms with E-state index < -0.39 is 0 Å². The fourth-order valence-corrected chi connectivity index (χ4v) is 4.14. The minimum atomic E-state index is -0.374. The van der Waals surface area contributed by atoms with Crippen molar-refractivity contribution in [3.05, 3.63) is 79.9 Å². The number of oxazole rings is 1. The maximum atomic E-state index is 12.5. The smallest absolute Gasteiger partial charge is 0.258 e. The van der Waals surface area contributed by atoms with Gasteiger partial charge in [-0.15, -0.1) is 0 Å². The number of halogens is 2. The lowest BCUT2D eigenvalue weighted by atomic mass is 10.1. The predicted molar refractivity (Wildman–Crippen MR) is 137 cm³/mol. The fraction of sp³-hybridized carbons (Fsp3) is 0.0870. The summed E-state index contributed by atoms with van der Waals surface area (Å²) in [6.45, 7) is 4.08. The molecule has 3 aromatic carbocycles. The summed E-state index contributed by atoms with van der Waals surface area (Å²) in [6, 6.07) is 16.9. The number of carbonyl (C=O) groups excluding carboxylic acids is 1. The second-order valence-corrected chi connectivity index (χ2v) is 9.17. The maximum absolute atomic E-state index is 12.5. The third-order valence-electron chi connectivity index (χ3n) is 4.51. The number of benzene rings is 3. The van der Waals surface area contributed by atoms with Crippen LogP contribution in [0.4, 0.5) is 5.69 Å². The summed E-state index contributed by atoms with van der Waals surface area (Å²) >= 11 is 13.5. The van der Waals surface area contributed by atoms with Crippen LogP contribution in [0.5, 0.6) is 0 Å². The summed E-state index contributed by atoms with van der Waals surface area (Å²) in [5, 5.41) is 6.19. The second-order valence-electron chi connectivity index (χ2n) is 7.11. The van der Waals surface area contributed by atoms with Gasteiger partial charge in [0, 0.05) is 14.8 Å². The zero-order valence-corrected chi connectivity index (χ0v) is 20.4. The first kappa shape index (κ1) is 21.7. The van der Waals surface area contributed by atoms with Crippen LogP contribution < -0.4 is 10.6 Å². The Bertz CT molecular complexity index is 1320. The molecule has 0 fully saturated rings. The highest BCUT2D eigenvalue weighted by molar-refractivity contribution is 14.1. The first-order valence-corrected chi connectivity index (χ1v) is 11.2. The van der Waals surface area contributed by atoms with Crippen LogP contribution in [0.15, 0.2) is 59.0 Å². The van der Waals surface area contributed by atoms with Crippen molar-refractivity contribution >= 4 is 74.2 Å². The van der Waals surface area contributed by atoms with E-state index in [0.717, 1.165) is 20.3 Å². The van der Waals surface area contributed by atoms with Crippen LogP contribution in [0, 0.1) is 17.4 Å². The molecule has 31 heavy (non-hydrogen) atoms. The molecule has 4 aromatic rings. The van der Waals surface area contributed by atoms with E-state index in [2.05, 4.69) is 44.3 Å². The van der Waals surface area contributed by atoms with Gasteiger partial charge in [-0.25, -0.2) is 4.98 Å². The molecule has 0 radical (unpaired) electrons. The molecule has 4 rings (SSSR count). The van der Waals surface area contributed by atoms with E-state index >= 15 is 0 Å². The topological polar surface area (TPSA) is 67.2 Å². The van der Waals surface area contributed by atoms with Crippen molar-refractivity contribution in [2.24, 2.45) is 0 Å². The van der Waals surface area contributed by atoms with E-state index in [1.807, 2.05) is 50.2 Å². The number of rotatable bonds is 3. The minimum Gasteiger partial charge on any atom is -0.436 e. The van der Waals surface area contributed by atoms with E-state index in [0.29, 0.717) is 33.3 Å². The Morgan fingerprint density at radius 1 is 1.06 bits per heavy atom. The predicted octanol–water partition coefficient (Wildman–Crippen LogP) is 6.50. The Morgan fingerprint density at radius 2 is 1.81 bits per heavy atom. The van der Waals surface area contributed by atoms with E-state index in [4.69, 9.17) is 28.2 Å². The number of hydrogen-bond acceptors (Lipinski definition) is 4. The number of amides is 1. The monoisotopic (exact) mass is 561 g/mol.